The number of alkyl halides is 3. The van der Waals surface area contributed by atoms with Gasteiger partial charge in [-0.3, -0.25) is 14.5 Å². The number of aromatic nitrogens is 2. The molecule has 1 saturated carbocycles. The van der Waals surface area contributed by atoms with Gasteiger partial charge in [0.25, 0.3) is 0 Å². The van der Waals surface area contributed by atoms with E-state index in [2.05, 4.69) is 20.3 Å². The summed E-state index contributed by atoms with van der Waals surface area (Å²) in [6.07, 6.45) is -3.88. The number of aryl methyl sites for hydroxylation is 1. The lowest BCUT2D eigenvalue weighted by Crippen LogP contribution is -2.51. The van der Waals surface area contributed by atoms with Crippen LogP contribution in [0.5, 0.6) is 5.75 Å². The number of amides is 1. The van der Waals surface area contributed by atoms with Crippen LogP contribution in [0, 0.1) is 6.92 Å². The zero-order valence-electron chi connectivity index (χ0n) is 20.5. The van der Waals surface area contributed by atoms with Gasteiger partial charge in [0.1, 0.15) is 15.6 Å². The fraction of sp³-hybridized carbons (Fsp3) is 0.385. The van der Waals surface area contributed by atoms with Crippen molar-refractivity contribution >= 4 is 28.7 Å². The summed E-state index contributed by atoms with van der Waals surface area (Å²) < 4.78 is 48.7. The Bertz CT molecular complexity index is 1350. The molecule has 3 aromatic rings. The highest BCUT2D eigenvalue weighted by molar-refractivity contribution is 7.14. The van der Waals surface area contributed by atoms with Crippen LogP contribution in [-0.2, 0) is 16.0 Å². The van der Waals surface area contributed by atoms with Crippen LogP contribution < -0.4 is 10.1 Å². The summed E-state index contributed by atoms with van der Waals surface area (Å²) in [7, 11) is 0. The van der Waals surface area contributed by atoms with Crippen LogP contribution in [0.25, 0.3) is 10.6 Å². The van der Waals surface area contributed by atoms with Crippen molar-refractivity contribution in [2.24, 2.45) is 0 Å². The Kier molecular flexibility index (Phi) is 7.21. The number of anilines is 1. The first-order valence-electron chi connectivity index (χ1n) is 12.1. The number of benzene rings is 2. The summed E-state index contributed by atoms with van der Waals surface area (Å²) in [5.41, 5.74) is 1.05. The van der Waals surface area contributed by atoms with Gasteiger partial charge in [-0.1, -0.05) is 35.6 Å². The fourth-order valence-electron chi connectivity index (χ4n) is 4.54. The van der Waals surface area contributed by atoms with E-state index in [1.165, 1.54) is 23.5 Å². The third-order valence-corrected chi connectivity index (χ3v) is 7.65. The number of nitrogens with zero attached hydrogens (tertiary/aromatic N) is 3. The maximum atomic E-state index is 13.2. The molecule has 0 spiro atoms. The normalized spacial score (nSPS) is 17.2. The molecule has 1 saturated heterocycles. The highest BCUT2D eigenvalue weighted by atomic mass is 32.1. The van der Waals surface area contributed by atoms with Crippen LogP contribution in [0.4, 0.5) is 18.9 Å². The SMILES string of the molecule is Cc1ccccc1-c1nnc(CC(=O)c2ccc(OC(F)(F)F)c(NC(=O)C3(N4CCOCC4)CC3)c2)s1. The van der Waals surface area contributed by atoms with E-state index in [1.807, 2.05) is 36.1 Å². The number of halogens is 3. The van der Waals surface area contributed by atoms with Gasteiger partial charge in [0.2, 0.25) is 5.91 Å². The topological polar surface area (TPSA) is 93.7 Å². The minimum Gasteiger partial charge on any atom is -0.404 e. The summed E-state index contributed by atoms with van der Waals surface area (Å²) in [5, 5.41) is 12.0. The van der Waals surface area contributed by atoms with Gasteiger partial charge in [-0.25, -0.2) is 0 Å². The lowest BCUT2D eigenvalue weighted by molar-refractivity contribution is -0.274. The van der Waals surface area contributed by atoms with Gasteiger partial charge in [0.15, 0.2) is 11.5 Å². The number of hydrogen-bond donors (Lipinski definition) is 1. The second kappa shape index (κ2) is 10.4. The Hall–Kier alpha value is -3.35. The van der Waals surface area contributed by atoms with Crippen molar-refractivity contribution in [1.29, 1.82) is 0 Å². The van der Waals surface area contributed by atoms with Crippen LogP contribution in [0.1, 0.15) is 33.8 Å². The van der Waals surface area contributed by atoms with Gasteiger partial charge in [0.05, 0.1) is 25.3 Å². The molecule has 0 unspecified atom stereocenters. The molecule has 2 aliphatic rings. The van der Waals surface area contributed by atoms with E-state index in [4.69, 9.17) is 4.74 Å². The van der Waals surface area contributed by atoms with Gasteiger partial charge in [-0.15, -0.1) is 23.4 Å². The molecule has 0 radical (unpaired) electrons. The van der Waals surface area contributed by atoms with Crippen LogP contribution in [-0.4, -0.2) is 65.0 Å². The van der Waals surface area contributed by atoms with Gasteiger partial charge in [-0.05, 0) is 43.5 Å². The monoisotopic (exact) mass is 546 g/mol. The zero-order chi connectivity index (χ0) is 26.9. The molecule has 2 aromatic carbocycles. The highest BCUT2D eigenvalue weighted by Crippen LogP contribution is 2.44. The molecule has 1 aliphatic carbocycles. The predicted octanol–water partition coefficient (Wildman–Crippen LogP) is 4.64. The quantitative estimate of drug-likeness (QED) is 0.412. The van der Waals surface area contributed by atoms with Gasteiger partial charge >= 0.3 is 6.36 Å². The third kappa shape index (κ3) is 5.71. The summed E-state index contributed by atoms with van der Waals surface area (Å²) in [6.45, 7) is 4.04. The second-order valence-electron chi connectivity index (χ2n) is 9.26. The number of nitrogens with one attached hydrogen (secondary N) is 1. The molecule has 8 nitrogen and oxygen atoms in total. The first-order chi connectivity index (χ1) is 18.1. The molecule has 12 heteroatoms. The molecule has 0 bridgehead atoms. The van der Waals surface area contributed by atoms with Crippen LogP contribution in [0.3, 0.4) is 0 Å². The number of ether oxygens (including phenoxy) is 2. The molecule has 1 N–H and O–H groups in total. The zero-order valence-corrected chi connectivity index (χ0v) is 21.3. The number of carbonyl (C=O) groups excluding carboxylic acids is 2. The van der Waals surface area contributed by atoms with Crippen LogP contribution in [0.15, 0.2) is 42.5 Å². The van der Waals surface area contributed by atoms with E-state index in [0.717, 1.165) is 17.2 Å². The number of Topliss-reactive ketones (excluding diaryl/α,β-unsaturated/α-hetero) is 1. The molecule has 0 atom stereocenters. The molecule has 38 heavy (non-hydrogen) atoms. The number of carbonyl (C=O) groups is 2. The van der Waals surface area contributed by atoms with E-state index in [0.29, 0.717) is 49.2 Å². The van der Waals surface area contributed by atoms with Gasteiger partial charge < -0.3 is 14.8 Å². The minimum absolute atomic E-state index is 0.0892. The maximum absolute atomic E-state index is 13.2. The van der Waals surface area contributed by atoms with E-state index in [-0.39, 0.29) is 23.5 Å². The molecule has 2 fully saturated rings. The molecule has 5 rings (SSSR count). The lowest BCUT2D eigenvalue weighted by Gasteiger charge is -2.34. The first kappa shape index (κ1) is 26.3. The highest BCUT2D eigenvalue weighted by Gasteiger charge is 2.54. The van der Waals surface area contributed by atoms with E-state index in [1.54, 1.807) is 0 Å². The molecular formula is C26H25F3N4O4S. The number of ketones is 1. The van der Waals surface area contributed by atoms with Crippen molar-refractivity contribution in [3.63, 3.8) is 0 Å². The van der Waals surface area contributed by atoms with Crippen molar-refractivity contribution in [2.75, 3.05) is 31.6 Å². The number of rotatable bonds is 8. The molecular weight excluding hydrogens is 521 g/mol. The Morgan fingerprint density at radius 1 is 1.13 bits per heavy atom. The summed E-state index contributed by atoms with van der Waals surface area (Å²) >= 11 is 1.27. The molecule has 1 amide bonds. The Morgan fingerprint density at radius 3 is 2.55 bits per heavy atom. The van der Waals surface area contributed by atoms with Crippen molar-refractivity contribution in [1.82, 2.24) is 15.1 Å². The standard InChI is InChI=1S/C26H25F3N4O4S/c1-16-4-2-3-5-18(16)23-32-31-22(38-23)15-20(34)17-6-7-21(37-26(27,28)29)19(14-17)30-24(35)25(8-9-25)33-10-12-36-13-11-33/h2-7,14H,8-13,15H2,1H3,(H,30,35). The fourth-order valence-corrected chi connectivity index (χ4v) is 5.47. The van der Waals surface area contributed by atoms with Crippen molar-refractivity contribution in [3.8, 4) is 16.3 Å². The summed E-state index contributed by atoms with van der Waals surface area (Å²) in [4.78, 5) is 28.3. The second-order valence-corrected chi connectivity index (χ2v) is 10.3. The number of morpholine rings is 1. The number of hydrogen-bond acceptors (Lipinski definition) is 8. The van der Waals surface area contributed by atoms with Gasteiger partial charge in [-0.2, -0.15) is 0 Å². The lowest BCUT2D eigenvalue weighted by atomic mass is 10.1. The van der Waals surface area contributed by atoms with Gasteiger partial charge in [0, 0.05) is 24.2 Å². The minimum atomic E-state index is -4.97. The Morgan fingerprint density at radius 2 is 1.87 bits per heavy atom. The average molecular weight is 547 g/mol. The molecule has 2 heterocycles. The Labute approximate surface area is 220 Å². The predicted molar refractivity (Wildman–Crippen MR) is 134 cm³/mol. The average Bonchev–Trinajstić information content (AvgIpc) is 3.58. The molecule has 1 aliphatic heterocycles. The molecule has 200 valence electrons. The molecule has 1 aromatic heterocycles. The van der Waals surface area contributed by atoms with Crippen molar-refractivity contribution in [2.45, 2.75) is 38.1 Å². The van der Waals surface area contributed by atoms with E-state index in [9.17, 15) is 22.8 Å². The largest absolute Gasteiger partial charge is 0.573 e. The first-order valence-corrected chi connectivity index (χ1v) is 12.9. The summed E-state index contributed by atoms with van der Waals surface area (Å²) in [5.74, 6) is -1.39. The smallest absolute Gasteiger partial charge is 0.404 e. The van der Waals surface area contributed by atoms with Crippen molar-refractivity contribution < 1.29 is 32.2 Å². The van der Waals surface area contributed by atoms with E-state index < -0.39 is 23.6 Å². The van der Waals surface area contributed by atoms with Crippen LogP contribution in [0.2, 0.25) is 0 Å². The van der Waals surface area contributed by atoms with E-state index >= 15 is 0 Å². The van der Waals surface area contributed by atoms with Crippen molar-refractivity contribution in [3.05, 3.63) is 58.6 Å². The third-order valence-electron chi connectivity index (χ3n) is 6.69. The summed E-state index contributed by atoms with van der Waals surface area (Å²) in [6, 6.07) is 11.2. The van der Waals surface area contributed by atoms with Crippen LogP contribution >= 0.6 is 11.3 Å². The Balaban J connectivity index is 1.36. The maximum Gasteiger partial charge on any atom is 0.573 e.